The van der Waals surface area contributed by atoms with E-state index in [4.69, 9.17) is 4.74 Å². The topological polar surface area (TPSA) is 47.0 Å². The quantitative estimate of drug-likeness (QED) is 0.902. The smallest absolute Gasteiger partial charge is 0.148 e. The normalized spacial score (nSPS) is 10.4. The molecule has 0 unspecified atom stereocenters. The summed E-state index contributed by atoms with van der Waals surface area (Å²) in [5, 5.41) is 11.7. The SMILES string of the molecule is CCCNc1ccc(-c2ccc(C)c(C)c2OC)nn1. The van der Waals surface area contributed by atoms with Crippen molar-refractivity contribution in [3.63, 3.8) is 0 Å². The van der Waals surface area contributed by atoms with Gasteiger partial charge >= 0.3 is 0 Å². The van der Waals surface area contributed by atoms with Crippen molar-refractivity contribution in [3.05, 3.63) is 35.4 Å². The van der Waals surface area contributed by atoms with Gasteiger partial charge in [-0.3, -0.25) is 0 Å². The summed E-state index contributed by atoms with van der Waals surface area (Å²) in [6.45, 7) is 7.16. The van der Waals surface area contributed by atoms with Gasteiger partial charge in [-0.05, 0) is 49.6 Å². The van der Waals surface area contributed by atoms with E-state index in [1.54, 1.807) is 7.11 Å². The van der Waals surface area contributed by atoms with Crippen LogP contribution in [0.4, 0.5) is 5.82 Å². The van der Waals surface area contributed by atoms with Crippen molar-refractivity contribution in [2.75, 3.05) is 19.0 Å². The number of nitrogens with one attached hydrogen (secondary N) is 1. The molecule has 1 heterocycles. The molecule has 2 rings (SSSR count). The van der Waals surface area contributed by atoms with E-state index in [-0.39, 0.29) is 0 Å². The summed E-state index contributed by atoms with van der Waals surface area (Å²) in [4.78, 5) is 0. The Morgan fingerprint density at radius 3 is 2.50 bits per heavy atom. The Morgan fingerprint density at radius 1 is 1.10 bits per heavy atom. The Bertz CT molecular complexity index is 579. The van der Waals surface area contributed by atoms with Crippen LogP contribution in [-0.4, -0.2) is 23.9 Å². The molecule has 1 aromatic heterocycles. The Hall–Kier alpha value is -2.10. The van der Waals surface area contributed by atoms with Crippen molar-refractivity contribution in [1.82, 2.24) is 10.2 Å². The van der Waals surface area contributed by atoms with Crippen LogP contribution in [0, 0.1) is 13.8 Å². The zero-order chi connectivity index (χ0) is 14.5. The third-order valence-corrected chi connectivity index (χ3v) is 3.38. The number of hydrogen-bond donors (Lipinski definition) is 1. The number of benzene rings is 1. The minimum absolute atomic E-state index is 0.804. The van der Waals surface area contributed by atoms with E-state index in [2.05, 4.69) is 42.4 Å². The lowest BCUT2D eigenvalue weighted by Crippen LogP contribution is -2.03. The van der Waals surface area contributed by atoms with Gasteiger partial charge in [-0.1, -0.05) is 13.0 Å². The van der Waals surface area contributed by atoms with Gasteiger partial charge in [0.15, 0.2) is 0 Å². The van der Waals surface area contributed by atoms with Crippen molar-refractivity contribution >= 4 is 5.82 Å². The summed E-state index contributed by atoms with van der Waals surface area (Å²) < 4.78 is 5.52. The molecule has 0 saturated carbocycles. The molecule has 4 nitrogen and oxygen atoms in total. The average molecular weight is 271 g/mol. The van der Waals surface area contributed by atoms with E-state index in [1.807, 2.05) is 18.2 Å². The van der Waals surface area contributed by atoms with Crippen molar-refractivity contribution < 1.29 is 4.74 Å². The van der Waals surface area contributed by atoms with Gasteiger partial charge in [0.05, 0.1) is 12.8 Å². The van der Waals surface area contributed by atoms with E-state index >= 15 is 0 Å². The summed E-state index contributed by atoms with van der Waals surface area (Å²) in [6, 6.07) is 8.03. The highest BCUT2D eigenvalue weighted by Gasteiger charge is 2.12. The van der Waals surface area contributed by atoms with Gasteiger partial charge in [0.25, 0.3) is 0 Å². The molecular formula is C16H21N3O. The van der Waals surface area contributed by atoms with Crippen LogP contribution >= 0.6 is 0 Å². The number of anilines is 1. The Balaban J connectivity index is 2.34. The van der Waals surface area contributed by atoms with Crippen LogP contribution < -0.4 is 10.1 Å². The molecule has 0 aliphatic heterocycles. The second-order valence-corrected chi connectivity index (χ2v) is 4.82. The van der Waals surface area contributed by atoms with Crippen LogP contribution in [0.5, 0.6) is 5.75 Å². The number of aryl methyl sites for hydroxylation is 1. The van der Waals surface area contributed by atoms with Crippen LogP contribution in [0.1, 0.15) is 24.5 Å². The van der Waals surface area contributed by atoms with E-state index in [9.17, 15) is 0 Å². The van der Waals surface area contributed by atoms with Crippen molar-refractivity contribution in [2.45, 2.75) is 27.2 Å². The lowest BCUT2D eigenvalue weighted by atomic mass is 10.0. The molecule has 20 heavy (non-hydrogen) atoms. The minimum atomic E-state index is 0.804. The van der Waals surface area contributed by atoms with Crippen LogP contribution in [0.2, 0.25) is 0 Å². The van der Waals surface area contributed by atoms with Gasteiger partial charge < -0.3 is 10.1 Å². The molecular weight excluding hydrogens is 250 g/mol. The highest BCUT2D eigenvalue weighted by molar-refractivity contribution is 5.70. The molecule has 0 amide bonds. The van der Waals surface area contributed by atoms with E-state index in [0.717, 1.165) is 41.4 Å². The van der Waals surface area contributed by atoms with E-state index in [1.165, 1.54) is 5.56 Å². The van der Waals surface area contributed by atoms with Crippen molar-refractivity contribution in [1.29, 1.82) is 0 Å². The maximum absolute atomic E-state index is 5.52. The van der Waals surface area contributed by atoms with Gasteiger partial charge in [-0.25, -0.2) is 0 Å². The number of ether oxygens (including phenoxy) is 1. The molecule has 0 saturated heterocycles. The standard InChI is InChI=1S/C16H21N3O/c1-5-10-17-15-9-8-14(18-19-15)13-7-6-11(2)12(3)16(13)20-4/h6-9H,5,10H2,1-4H3,(H,17,19). The van der Waals surface area contributed by atoms with Crippen molar-refractivity contribution in [2.24, 2.45) is 0 Å². The number of hydrogen-bond acceptors (Lipinski definition) is 4. The fraction of sp³-hybridized carbons (Fsp3) is 0.375. The predicted octanol–water partition coefficient (Wildman–Crippen LogP) is 3.59. The molecule has 0 atom stereocenters. The molecule has 2 aromatic rings. The molecule has 0 fully saturated rings. The third kappa shape index (κ3) is 2.90. The Morgan fingerprint density at radius 2 is 1.90 bits per heavy atom. The molecule has 0 spiro atoms. The van der Waals surface area contributed by atoms with Crippen LogP contribution in [0.25, 0.3) is 11.3 Å². The first-order valence-corrected chi connectivity index (χ1v) is 6.89. The van der Waals surface area contributed by atoms with E-state index in [0.29, 0.717) is 0 Å². The zero-order valence-electron chi connectivity index (χ0n) is 12.5. The highest BCUT2D eigenvalue weighted by Crippen LogP contribution is 2.33. The second kappa shape index (κ2) is 6.37. The summed E-state index contributed by atoms with van der Waals surface area (Å²) in [6.07, 6.45) is 1.06. The molecule has 0 aliphatic rings. The summed E-state index contributed by atoms with van der Waals surface area (Å²) in [7, 11) is 1.69. The molecule has 1 aromatic carbocycles. The maximum Gasteiger partial charge on any atom is 0.148 e. The fourth-order valence-corrected chi connectivity index (χ4v) is 2.08. The van der Waals surface area contributed by atoms with Crippen LogP contribution in [0.15, 0.2) is 24.3 Å². The first-order chi connectivity index (χ1) is 9.67. The number of aromatic nitrogens is 2. The molecule has 4 heteroatoms. The summed E-state index contributed by atoms with van der Waals surface area (Å²) in [5.41, 5.74) is 4.15. The van der Waals surface area contributed by atoms with Crippen LogP contribution in [0.3, 0.4) is 0 Å². The number of nitrogens with zero attached hydrogens (tertiary/aromatic N) is 2. The van der Waals surface area contributed by atoms with Gasteiger partial charge in [0, 0.05) is 12.1 Å². The highest BCUT2D eigenvalue weighted by atomic mass is 16.5. The molecule has 0 aliphatic carbocycles. The minimum Gasteiger partial charge on any atom is -0.496 e. The Labute approximate surface area is 120 Å². The number of rotatable bonds is 5. The largest absolute Gasteiger partial charge is 0.496 e. The second-order valence-electron chi connectivity index (χ2n) is 4.82. The predicted molar refractivity (Wildman–Crippen MR) is 82.3 cm³/mol. The number of methoxy groups -OCH3 is 1. The molecule has 0 bridgehead atoms. The monoisotopic (exact) mass is 271 g/mol. The van der Waals surface area contributed by atoms with Gasteiger partial charge in [-0.2, -0.15) is 0 Å². The maximum atomic E-state index is 5.52. The third-order valence-electron chi connectivity index (χ3n) is 3.38. The molecule has 1 N–H and O–H groups in total. The first-order valence-electron chi connectivity index (χ1n) is 6.89. The first kappa shape index (κ1) is 14.3. The Kier molecular flexibility index (Phi) is 4.56. The van der Waals surface area contributed by atoms with Crippen molar-refractivity contribution in [3.8, 4) is 17.0 Å². The molecule has 0 radical (unpaired) electrons. The van der Waals surface area contributed by atoms with Gasteiger partial charge in [0.2, 0.25) is 0 Å². The lowest BCUT2D eigenvalue weighted by molar-refractivity contribution is 0.413. The zero-order valence-corrected chi connectivity index (χ0v) is 12.5. The summed E-state index contributed by atoms with van der Waals surface area (Å²) in [5.74, 6) is 1.67. The average Bonchev–Trinajstić information content (AvgIpc) is 2.48. The molecule has 106 valence electrons. The van der Waals surface area contributed by atoms with E-state index < -0.39 is 0 Å². The fourth-order valence-electron chi connectivity index (χ4n) is 2.08. The van der Waals surface area contributed by atoms with Gasteiger partial charge in [0.1, 0.15) is 11.6 Å². The van der Waals surface area contributed by atoms with Crippen LogP contribution in [-0.2, 0) is 0 Å². The lowest BCUT2D eigenvalue weighted by Gasteiger charge is -2.13. The summed E-state index contributed by atoms with van der Waals surface area (Å²) >= 11 is 0. The van der Waals surface area contributed by atoms with Gasteiger partial charge in [-0.15, -0.1) is 10.2 Å².